The second kappa shape index (κ2) is 7.66. The van der Waals surface area contributed by atoms with Gasteiger partial charge in [-0.2, -0.15) is 4.57 Å². The molecule has 0 bridgehead atoms. The average Bonchev–Trinajstić information content (AvgIpc) is 2.76. The monoisotopic (exact) mass is 573 g/mol. The van der Waals surface area contributed by atoms with E-state index in [0.717, 1.165) is 18.7 Å². The zero-order valence-corrected chi connectivity index (χ0v) is 20.0. The molecule has 33 heavy (non-hydrogen) atoms. The third-order valence-electron chi connectivity index (χ3n) is 5.33. The van der Waals surface area contributed by atoms with Crippen molar-refractivity contribution >= 4 is 30.2 Å². The zero-order valence-electron chi connectivity index (χ0n) is 17.5. The molecule has 2 nitrogen and oxygen atoms in total. The molecule has 5 rings (SSSR count). The van der Waals surface area contributed by atoms with Crippen LogP contribution in [0.4, 0.5) is 16.9 Å². The molecule has 1 aromatic heterocycles. The van der Waals surface area contributed by atoms with Gasteiger partial charge in [-0.3, -0.25) is 0 Å². The van der Waals surface area contributed by atoms with Gasteiger partial charge in [0.15, 0.2) is 6.54 Å². The number of pyridine rings is 1. The molecule has 0 unspecified atom stereocenters. The number of nitrogens with zero attached hydrogens (tertiary/aromatic N) is 1. The van der Waals surface area contributed by atoms with E-state index in [4.69, 9.17) is 4.74 Å². The van der Waals surface area contributed by atoms with Crippen LogP contribution in [0.2, 0.25) is 0 Å². The first-order chi connectivity index (χ1) is 15.3. The predicted octanol–water partition coefficient (Wildman–Crippen LogP) is 7.17. The van der Waals surface area contributed by atoms with E-state index in [-0.39, 0.29) is 0 Å². The van der Waals surface area contributed by atoms with Crippen LogP contribution in [0.25, 0.3) is 33.3 Å². The van der Waals surface area contributed by atoms with E-state index in [1.54, 1.807) is 7.11 Å². The first-order valence-electron chi connectivity index (χ1n) is 10.0. The van der Waals surface area contributed by atoms with Crippen molar-refractivity contribution in [2.45, 2.75) is 13.0 Å². The van der Waals surface area contributed by atoms with Crippen LogP contribution >= 0.6 is 0 Å². The number of fused-ring (bicyclic) bond motifs is 5. The third kappa shape index (κ3) is 5.99. The van der Waals surface area contributed by atoms with E-state index in [1.807, 2.05) is 12.1 Å². The van der Waals surface area contributed by atoms with Crippen LogP contribution in [0.3, 0.4) is 0 Å². The van der Waals surface area contributed by atoms with E-state index in [1.165, 1.54) is 38.9 Å². The van der Waals surface area contributed by atoms with Crippen molar-refractivity contribution in [2.24, 2.45) is 0 Å². The van der Waals surface area contributed by atoms with Gasteiger partial charge in [0.25, 0.3) is 0 Å². The molecule has 9 heteroatoms. The number of benzene rings is 3. The Morgan fingerprint density at radius 2 is 1.39 bits per heavy atom. The standard InChI is InChI=1S/C24H20NO.6FH.Sb/c1-26-20-12-10-18(11-13-20)23-16-19-7-3-5-9-22(19)24-21-8-4-2-6-17(21)14-15-25(23)24;;;;;;;/h2-13,16H,14-15H2,1H3;6*1H;/q+1;;;;;;;+5/p-6. The van der Waals surface area contributed by atoms with E-state index in [2.05, 4.69) is 71.3 Å². The van der Waals surface area contributed by atoms with Crippen molar-refractivity contribution in [3.8, 4) is 28.3 Å². The molecule has 1 aliphatic rings. The number of aryl methyl sites for hydroxylation is 1. The number of halogens is 6. The van der Waals surface area contributed by atoms with Crippen molar-refractivity contribution in [2.75, 3.05) is 7.11 Å². The second-order valence-electron chi connectivity index (χ2n) is 7.71. The van der Waals surface area contributed by atoms with Crippen LogP contribution in [-0.4, -0.2) is 26.6 Å². The van der Waals surface area contributed by atoms with Crippen molar-refractivity contribution in [3.63, 3.8) is 0 Å². The molecular formula is C24H20F6NOSb. The Labute approximate surface area is 189 Å². The summed E-state index contributed by atoms with van der Waals surface area (Å²) in [5, 5.41) is 2.60. The van der Waals surface area contributed by atoms with E-state index < -0.39 is 19.5 Å². The van der Waals surface area contributed by atoms with Crippen LogP contribution in [0.5, 0.6) is 5.75 Å². The molecule has 0 saturated heterocycles. The Morgan fingerprint density at radius 1 is 0.788 bits per heavy atom. The molecule has 0 spiro atoms. The summed E-state index contributed by atoms with van der Waals surface area (Å²) >= 11 is -11.2. The SMILES string of the molecule is COc1ccc(-c2cc3ccccc3c3[n+]2CCc2ccccc2-3)cc1.[F][Sb-]([F])([F])([F])([F])[F]. The molecule has 4 aromatic rings. The predicted molar refractivity (Wildman–Crippen MR) is 118 cm³/mol. The first-order valence-corrected chi connectivity index (χ1v) is 15.8. The molecule has 3 aromatic carbocycles. The average molecular weight is 574 g/mol. The number of hydrogen-bond donors (Lipinski definition) is 0. The van der Waals surface area contributed by atoms with Gasteiger partial charge >= 0.3 is 36.4 Å². The quantitative estimate of drug-likeness (QED) is 0.141. The van der Waals surface area contributed by atoms with Gasteiger partial charge in [0.2, 0.25) is 11.4 Å². The maximum absolute atomic E-state index is 11.2. The van der Waals surface area contributed by atoms with Gasteiger partial charge < -0.3 is 4.74 Å². The van der Waals surface area contributed by atoms with Crippen molar-refractivity contribution in [1.82, 2.24) is 0 Å². The molecule has 0 N–H and O–H groups in total. The molecule has 0 radical (unpaired) electrons. The van der Waals surface area contributed by atoms with Crippen LogP contribution in [0.15, 0.2) is 78.9 Å². The van der Waals surface area contributed by atoms with Crippen molar-refractivity contribution in [1.29, 1.82) is 0 Å². The van der Waals surface area contributed by atoms with Crippen LogP contribution < -0.4 is 9.30 Å². The number of hydrogen-bond acceptors (Lipinski definition) is 1. The molecular weight excluding hydrogens is 554 g/mol. The van der Waals surface area contributed by atoms with Crippen molar-refractivity contribution in [3.05, 3.63) is 84.4 Å². The summed E-state index contributed by atoms with van der Waals surface area (Å²) in [4.78, 5) is 0. The van der Waals surface area contributed by atoms with Gasteiger partial charge in [0.05, 0.1) is 18.1 Å². The van der Waals surface area contributed by atoms with Crippen LogP contribution in [-0.2, 0) is 13.0 Å². The topological polar surface area (TPSA) is 13.1 Å². The summed E-state index contributed by atoms with van der Waals surface area (Å²) in [7, 11) is 1.71. The van der Waals surface area contributed by atoms with Gasteiger partial charge in [0, 0.05) is 18.1 Å². The summed E-state index contributed by atoms with van der Waals surface area (Å²) in [6.07, 6.45) is 1.06. The number of aromatic nitrogens is 1. The number of ether oxygens (including phenoxy) is 1. The van der Waals surface area contributed by atoms with Gasteiger partial charge in [-0.15, -0.1) is 0 Å². The summed E-state index contributed by atoms with van der Waals surface area (Å²) in [6, 6.07) is 28.2. The fourth-order valence-electron chi connectivity index (χ4n) is 4.05. The Balaban J connectivity index is 0.000000325. The van der Waals surface area contributed by atoms with E-state index in [0.29, 0.717) is 0 Å². The normalized spacial score (nSPS) is 14.8. The third-order valence-corrected chi connectivity index (χ3v) is 5.33. The van der Waals surface area contributed by atoms with Crippen LogP contribution in [0.1, 0.15) is 5.56 Å². The van der Waals surface area contributed by atoms with Gasteiger partial charge in [0.1, 0.15) is 5.75 Å². The molecule has 0 fully saturated rings. The van der Waals surface area contributed by atoms with Gasteiger partial charge in [-0.1, -0.05) is 36.4 Å². The number of methoxy groups -OCH3 is 1. The Bertz CT molecular complexity index is 1320. The molecule has 0 aliphatic carbocycles. The van der Waals surface area contributed by atoms with E-state index >= 15 is 0 Å². The molecule has 0 atom stereocenters. The summed E-state index contributed by atoms with van der Waals surface area (Å²) in [5.74, 6) is 0.888. The van der Waals surface area contributed by atoms with E-state index in [9.17, 15) is 16.9 Å². The Morgan fingerprint density at radius 3 is 2.06 bits per heavy atom. The summed E-state index contributed by atoms with van der Waals surface area (Å²) in [6.45, 7) is 0.999. The second-order valence-corrected chi connectivity index (χ2v) is 13.2. The number of rotatable bonds is 2. The van der Waals surface area contributed by atoms with Gasteiger partial charge in [-0.25, -0.2) is 0 Å². The Kier molecular flexibility index (Phi) is 5.44. The summed E-state index contributed by atoms with van der Waals surface area (Å²) in [5.41, 5.74) is 6.60. The zero-order chi connectivity index (χ0) is 23.9. The molecule has 0 amide bonds. The molecule has 0 saturated carbocycles. The van der Waals surface area contributed by atoms with Crippen molar-refractivity contribution < 1.29 is 26.2 Å². The molecule has 174 valence electrons. The fourth-order valence-corrected chi connectivity index (χ4v) is 4.05. The van der Waals surface area contributed by atoms with Crippen LogP contribution in [0, 0.1) is 0 Å². The first kappa shape index (κ1) is 23.4. The Hall–Kier alpha value is -2.73. The fraction of sp³-hybridized carbons (Fsp3) is 0.125. The minimum atomic E-state index is -11.2. The summed E-state index contributed by atoms with van der Waals surface area (Å²) < 4.78 is 67.4. The van der Waals surface area contributed by atoms with Gasteiger partial charge in [-0.05, 0) is 47.3 Å². The molecule has 2 heterocycles. The molecule has 1 aliphatic heterocycles. The maximum atomic E-state index is 9.93. The minimum absolute atomic E-state index is 0.888.